The van der Waals surface area contributed by atoms with E-state index < -0.39 is 11.9 Å². The highest BCUT2D eigenvalue weighted by Gasteiger charge is 2.24. The molecule has 5 nitrogen and oxygen atoms in total. The summed E-state index contributed by atoms with van der Waals surface area (Å²) in [5, 5.41) is 6.80. The topological polar surface area (TPSA) is 71.1 Å². The first-order valence-electron chi connectivity index (χ1n) is 10.1. The van der Waals surface area contributed by atoms with E-state index in [1.807, 2.05) is 92.7 Å². The third-order valence-corrected chi connectivity index (χ3v) is 5.23. The van der Waals surface area contributed by atoms with Crippen molar-refractivity contribution in [3.63, 3.8) is 0 Å². The average molecular weight is 409 g/mol. The van der Waals surface area contributed by atoms with E-state index in [0.717, 1.165) is 27.7 Å². The maximum absolute atomic E-state index is 13.3. The smallest absolute Gasteiger partial charge is 0.270 e. The van der Waals surface area contributed by atoms with Crippen molar-refractivity contribution in [2.45, 2.75) is 19.9 Å². The second kappa shape index (κ2) is 8.79. The number of rotatable bonds is 5. The van der Waals surface area contributed by atoms with Gasteiger partial charge in [-0.1, -0.05) is 72.8 Å². The monoisotopic (exact) mass is 409 g/mol. The summed E-state index contributed by atoms with van der Waals surface area (Å²) < 4.78 is 0. The molecule has 0 aliphatic heterocycles. The summed E-state index contributed by atoms with van der Waals surface area (Å²) in [5.41, 5.74) is 4.36. The van der Waals surface area contributed by atoms with Crippen LogP contribution in [-0.4, -0.2) is 16.8 Å². The summed E-state index contributed by atoms with van der Waals surface area (Å²) in [6.07, 6.45) is 0. The number of benzene rings is 3. The number of carbonyl (C=O) groups excluding carboxylic acids is 2. The van der Waals surface area contributed by atoms with E-state index in [-0.39, 0.29) is 11.6 Å². The van der Waals surface area contributed by atoms with Gasteiger partial charge in [0.25, 0.3) is 11.8 Å². The molecular weight excluding hydrogens is 386 g/mol. The van der Waals surface area contributed by atoms with Crippen LogP contribution in [-0.2, 0) is 4.79 Å². The van der Waals surface area contributed by atoms with Gasteiger partial charge >= 0.3 is 0 Å². The van der Waals surface area contributed by atoms with E-state index in [4.69, 9.17) is 0 Å². The quantitative estimate of drug-likeness (QED) is 0.489. The molecule has 0 saturated carbocycles. The lowest BCUT2D eigenvalue weighted by Crippen LogP contribution is -2.37. The van der Waals surface area contributed by atoms with Crippen LogP contribution in [0, 0.1) is 13.8 Å². The second-order valence-corrected chi connectivity index (χ2v) is 7.46. The maximum atomic E-state index is 13.3. The van der Waals surface area contributed by atoms with Gasteiger partial charge in [-0.25, -0.2) is 4.98 Å². The molecule has 0 aliphatic carbocycles. The Kier molecular flexibility index (Phi) is 5.76. The number of hydrogen-bond donors (Lipinski definition) is 2. The largest absolute Gasteiger partial charge is 0.335 e. The average Bonchev–Trinajstić information content (AvgIpc) is 2.80. The van der Waals surface area contributed by atoms with Gasteiger partial charge in [-0.2, -0.15) is 0 Å². The molecule has 0 fully saturated rings. The number of nitrogens with zero attached hydrogens (tertiary/aromatic N) is 1. The van der Waals surface area contributed by atoms with Gasteiger partial charge in [-0.05, 0) is 42.7 Å². The van der Waals surface area contributed by atoms with Crippen LogP contribution in [0.3, 0.4) is 0 Å². The third kappa shape index (κ3) is 4.46. The van der Waals surface area contributed by atoms with Crippen LogP contribution in [0.25, 0.3) is 10.9 Å². The molecule has 4 rings (SSSR count). The molecule has 0 radical (unpaired) electrons. The minimum Gasteiger partial charge on any atom is -0.335 e. The molecule has 4 aromatic rings. The SMILES string of the molecule is Cc1cccc(C)c1NC(=O)C(NC(=O)c1ccc2ccccc2n1)c1ccccc1. The Morgan fingerprint density at radius 3 is 2.19 bits per heavy atom. The van der Waals surface area contributed by atoms with Crippen molar-refractivity contribution in [2.75, 3.05) is 5.32 Å². The standard InChI is InChI=1S/C26H23N3O2/c1-17-9-8-10-18(2)23(17)28-26(31)24(20-12-4-3-5-13-20)29-25(30)22-16-15-19-11-6-7-14-21(19)27-22/h3-16,24H,1-2H3,(H,28,31)(H,29,30). The first-order chi connectivity index (χ1) is 15.0. The summed E-state index contributed by atoms with van der Waals surface area (Å²) >= 11 is 0. The van der Waals surface area contributed by atoms with Crippen molar-refractivity contribution in [3.8, 4) is 0 Å². The normalized spacial score (nSPS) is 11.7. The minimum atomic E-state index is -0.860. The molecule has 0 spiro atoms. The summed E-state index contributed by atoms with van der Waals surface area (Å²) in [6.45, 7) is 3.88. The van der Waals surface area contributed by atoms with Gasteiger partial charge in [-0.15, -0.1) is 0 Å². The molecule has 1 atom stereocenters. The number of para-hydroxylation sites is 2. The molecule has 0 saturated heterocycles. The number of pyridine rings is 1. The van der Waals surface area contributed by atoms with Crippen LogP contribution >= 0.6 is 0 Å². The number of fused-ring (bicyclic) bond motifs is 1. The Bertz CT molecular complexity index is 1230. The van der Waals surface area contributed by atoms with Gasteiger partial charge in [0.05, 0.1) is 5.52 Å². The lowest BCUT2D eigenvalue weighted by molar-refractivity contribution is -0.118. The second-order valence-electron chi connectivity index (χ2n) is 7.46. The molecule has 2 N–H and O–H groups in total. The fourth-order valence-electron chi connectivity index (χ4n) is 3.55. The molecule has 2 amide bonds. The van der Waals surface area contributed by atoms with Gasteiger partial charge in [0.1, 0.15) is 11.7 Å². The van der Waals surface area contributed by atoms with Crippen LogP contribution < -0.4 is 10.6 Å². The Morgan fingerprint density at radius 1 is 0.774 bits per heavy atom. The summed E-state index contributed by atoms with van der Waals surface area (Å²) in [4.78, 5) is 30.7. The predicted octanol–water partition coefficient (Wildman–Crippen LogP) is 4.96. The number of aryl methyl sites for hydroxylation is 2. The zero-order valence-corrected chi connectivity index (χ0v) is 17.4. The lowest BCUT2D eigenvalue weighted by Gasteiger charge is -2.20. The number of nitrogens with one attached hydrogen (secondary N) is 2. The van der Waals surface area contributed by atoms with Crippen LogP contribution in [0.1, 0.15) is 33.2 Å². The molecule has 1 aromatic heterocycles. The molecule has 0 bridgehead atoms. The van der Waals surface area contributed by atoms with E-state index in [1.54, 1.807) is 6.07 Å². The van der Waals surface area contributed by atoms with Crippen molar-refractivity contribution < 1.29 is 9.59 Å². The molecule has 31 heavy (non-hydrogen) atoms. The van der Waals surface area contributed by atoms with Crippen molar-refractivity contribution in [3.05, 3.63) is 107 Å². The Hall–Kier alpha value is -3.99. The summed E-state index contributed by atoms with van der Waals surface area (Å²) in [7, 11) is 0. The summed E-state index contributed by atoms with van der Waals surface area (Å²) in [6, 6.07) is 25.3. The highest BCUT2D eigenvalue weighted by molar-refractivity contribution is 6.02. The molecule has 0 aliphatic rings. The molecule has 3 aromatic carbocycles. The predicted molar refractivity (Wildman–Crippen MR) is 123 cm³/mol. The first-order valence-corrected chi connectivity index (χ1v) is 10.1. The van der Waals surface area contributed by atoms with E-state index in [2.05, 4.69) is 15.6 Å². The minimum absolute atomic E-state index is 0.263. The molecule has 1 heterocycles. The van der Waals surface area contributed by atoms with Crippen LogP contribution in [0.15, 0.2) is 84.9 Å². The van der Waals surface area contributed by atoms with Crippen LogP contribution in [0.2, 0.25) is 0 Å². The van der Waals surface area contributed by atoms with E-state index in [1.165, 1.54) is 0 Å². The zero-order valence-electron chi connectivity index (χ0n) is 17.4. The van der Waals surface area contributed by atoms with Crippen molar-refractivity contribution in [2.24, 2.45) is 0 Å². The number of aromatic nitrogens is 1. The number of hydrogen-bond acceptors (Lipinski definition) is 3. The molecular formula is C26H23N3O2. The van der Waals surface area contributed by atoms with Crippen molar-refractivity contribution in [1.29, 1.82) is 0 Å². The highest BCUT2D eigenvalue weighted by atomic mass is 16.2. The zero-order chi connectivity index (χ0) is 21.8. The molecule has 1 unspecified atom stereocenters. The van der Waals surface area contributed by atoms with E-state index in [0.29, 0.717) is 5.56 Å². The van der Waals surface area contributed by atoms with Gasteiger partial charge < -0.3 is 10.6 Å². The molecule has 154 valence electrons. The van der Waals surface area contributed by atoms with Crippen molar-refractivity contribution >= 4 is 28.4 Å². The van der Waals surface area contributed by atoms with Gasteiger partial charge in [0.2, 0.25) is 0 Å². The highest BCUT2D eigenvalue weighted by Crippen LogP contribution is 2.23. The van der Waals surface area contributed by atoms with Gasteiger partial charge in [0, 0.05) is 11.1 Å². The van der Waals surface area contributed by atoms with Crippen molar-refractivity contribution in [1.82, 2.24) is 10.3 Å². The van der Waals surface area contributed by atoms with Crippen LogP contribution in [0.4, 0.5) is 5.69 Å². The third-order valence-electron chi connectivity index (χ3n) is 5.23. The Labute approximate surface area is 181 Å². The van der Waals surface area contributed by atoms with E-state index >= 15 is 0 Å². The fourth-order valence-corrected chi connectivity index (χ4v) is 3.55. The number of carbonyl (C=O) groups is 2. The molecule has 5 heteroatoms. The lowest BCUT2D eigenvalue weighted by atomic mass is 10.0. The Morgan fingerprint density at radius 2 is 1.45 bits per heavy atom. The van der Waals surface area contributed by atoms with Crippen LogP contribution in [0.5, 0.6) is 0 Å². The maximum Gasteiger partial charge on any atom is 0.270 e. The fraction of sp³-hybridized carbons (Fsp3) is 0.115. The number of amides is 2. The number of anilines is 1. The van der Waals surface area contributed by atoms with Gasteiger partial charge in [0.15, 0.2) is 0 Å². The van der Waals surface area contributed by atoms with E-state index in [9.17, 15) is 9.59 Å². The summed E-state index contributed by atoms with van der Waals surface area (Å²) in [5.74, 6) is -0.714. The Balaban J connectivity index is 1.63. The van der Waals surface area contributed by atoms with Gasteiger partial charge in [-0.3, -0.25) is 9.59 Å². The first kappa shape index (κ1) is 20.3.